The highest BCUT2D eigenvalue weighted by Gasteiger charge is 2.27. The number of sulfonamides is 1. The van der Waals surface area contributed by atoms with Crippen LogP contribution in [0.3, 0.4) is 0 Å². The molecule has 0 radical (unpaired) electrons. The maximum Gasteiger partial charge on any atom is 0.264 e. The van der Waals surface area contributed by atoms with E-state index in [1.807, 2.05) is 19.1 Å². The Labute approximate surface area is 204 Å². The molecule has 35 heavy (non-hydrogen) atoms. The summed E-state index contributed by atoms with van der Waals surface area (Å²) < 4.78 is 32.9. The monoisotopic (exact) mass is 494 g/mol. The standard InChI is InChI=1S/C25H26N4O5S/c1-2-19-8-12-21(13-9-19)29(35(32,33)23-6-4-3-5-7-23)17-25(31)28-27-16-20-10-14-22(15-11-20)34-18-24(26)30/h3-16H,2,17-18H2,1H3,(H2,26,30)(H,28,31)/b27-16-. The summed E-state index contributed by atoms with van der Waals surface area (Å²) in [6.45, 7) is 1.31. The van der Waals surface area contributed by atoms with E-state index in [1.54, 1.807) is 54.6 Å². The van der Waals surface area contributed by atoms with Crippen LogP contribution in [0.1, 0.15) is 18.1 Å². The van der Waals surface area contributed by atoms with Crippen LogP contribution in [0.2, 0.25) is 0 Å². The van der Waals surface area contributed by atoms with E-state index in [0.717, 1.165) is 16.3 Å². The maximum atomic E-state index is 13.3. The molecule has 0 spiro atoms. The van der Waals surface area contributed by atoms with Gasteiger partial charge in [-0.05, 0) is 66.1 Å². The van der Waals surface area contributed by atoms with E-state index in [-0.39, 0.29) is 11.5 Å². The SMILES string of the molecule is CCc1ccc(N(CC(=O)N/N=C\c2ccc(OCC(N)=O)cc2)S(=O)(=O)c2ccccc2)cc1. The number of carbonyl (C=O) groups excluding carboxylic acids is 2. The number of amides is 2. The Kier molecular flexibility index (Phi) is 8.58. The van der Waals surface area contributed by atoms with E-state index in [4.69, 9.17) is 10.5 Å². The number of nitrogens with one attached hydrogen (secondary N) is 1. The second kappa shape index (κ2) is 11.8. The molecule has 3 aromatic carbocycles. The van der Waals surface area contributed by atoms with Crippen molar-refractivity contribution >= 4 is 33.7 Å². The summed E-state index contributed by atoms with van der Waals surface area (Å²) in [5.41, 5.74) is 9.48. The first-order chi connectivity index (χ1) is 16.8. The van der Waals surface area contributed by atoms with Gasteiger partial charge in [0.1, 0.15) is 12.3 Å². The molecule has 3 rings (SSSR count). The summed E-state index contributed by atoms with van der Waals surface area (Å²) in [6.07, 6.45) is 2.21. The molecule has 0 unspecified atom stereocenters. The van der Waals surface area contributed by atoms with Crippen LogP contribution in [0.25, 0.3) is 0 Å². The van der Waals surface area contributed by atoms with Crippen LogP contribution in [-0.4, -0.2) is 39.6 Å². The number of primary amides is 1. The lowest BCUT2D eigenvalue weighted by atomic mass is 10.1. The van der Waals surface area contributed by atoms with Crippen molar-refractivity contribution in [3.05, 3.63) is 90.0 Å². The molecule has 3 N–H and O–H groups in total. The first-order valence-electron chi connectivity index (χ1n) is 10.8. The molecule has 0 atom stereocenters. The molecule has 0 saturated carbocycles. The number of hydrogen-bond acceptors (Lipinski definition) is 6. The smallest absolute Gasteiger partial charge is 0.264 e. The molecule has 0 aliphatic rings. The number of nitrogens with two attached hydrogens (primary N) is 1. The zero-order valence-corrected chi connectivity index (χ0v) is 19.9. The Hall–Kier alpha value is -4.18. The van der Waals surface area contributed by atoms with Gasteiger partial charge >= 0.3 is 0 Å². The minimum absolute atomic E-state index is 0.0783. The Balaban J connectivity index is 1.72. The largest absolute Gasteiger partial charge is 0.484 e. The Bertz CT molecular complexity index is 1280. The molecular formula is C25H26N4O5S. The van der Waals surface area contributed by atoms with Gasteiger partial charge in [-0.15, -0.1) is 0 Å². The number of benzene rings is 3. The number of rotatable bonds is 11. The van der Waals surface area contributed by atoms with Gasteiger partial charge in [0.15, 0.2) is 6.61 Å². The fraction of sp³-hybridized carbons (Fsp3) is 0.160. The third kappa shape index (κ3) is 7.15. The number of anilines is 1. The van der Waals surface area contributed by atoms with E-state index in [0.29, 0.717) is 17.0 Å². The van der Waals surface area contributed by atoms with E-state index in [1.165, 1.54) is 18.3 Å². The van der Waals surface area contributed by atoms with Crippen molar-refractivity contribution in [3.63, 3.8) is 0 Å². The molecule has 0 saturated heterocycles. The normalized spacial score (nSPS) is 11.2. The first-order valence-corrected chi connectivity index (χ1v) is 12.2. The quantitative estimate of drug-likeness (QED) is 0.312. The Morgan fingerprint density at radius 1 is 1.00 bits per heavy atom. The van der Waals surface area contributed by atoms with Gasteiger partial charge in [-0.1, -0.05) is 37.3 Å². The molecule has 0 aliphatic heterocycles. The van der Waals surface area contributed by atoms with Gasteiger partial charge in [0.05, 0.1) is 16.8 Å². The second-order valence-electron chi connectivity index (χ2n) is 7.46. The fourth-order valence-corrected chi connectivity index (χ4v) is 4.52. The molecular weight excluding hydrogens is 468 g/mol. The third-order valence-corrected chi connectivity index (χ3v) is 6.70. The van der Waals surface area contributed by atoms with Crippen molar-refractivity contribution in [1.82, 2.24) is 5.43 Å². The van der Waals surface area contributed by atoms with E-state index in [2.05, 4.69) is 10.5 Å². The van der Waals surface area contributed by atoms with Crippen LogP contribution in [0.15, 0.2) is 88.9 Å². The Morgan fingerprint density at radius 3 is 2.26 bits per heavy atom. The fourth-order valence-electron chi connectivity index (χ4n) is 3.08. The molecule has 3 aromatic rings. The van der Waals surface area contributed by atoms with Gasteiger partial charge in [-0.2, -0.15) is 5.10 Å². The van der Waals surface area contributed by atoms with E-state index < -0.39 is 28.4 Å². The third-order valence-electron chi connectivity index (χ3n) is 4.92. The van der Waals surface area contributed by atoms with Crippen molar-refractivity contribution in [3.8, 4) is 5.75 Å². The molecule has 9 nitrogen and oxygen atoms in total. The minimum Gasteiger partial charge on any atom is -0.484 e. The molecule has 2 amide bonds. The highest BCUT2D eigenvalue weighted by Crippen LogP contribution is 2.24. The van der Waals surface area contributed by atoms with Crippen molar-refractivity contribution in [1.29, 1.82) is 0 Å². The average Bonchev–Trinajstić information content (AvgIpc) is 2.87. The minimum atomic E-state index is -3.99. The predicted molar refractivity (Wildman–Crippen MR) is 134 cm³/mol. The summed E-state index contributed by atoms with van der Waals surface area (Å²) in [5, 5.41) is 3.91. The van der Waals surface area contributed by atoms with Gasteiger partial charge < -0.3 is 10.5 Å². The summed E-state index contributed by atoms with van der Waals surface area (Å²) in [4.78, 5) is 23.5. The van der Waals surface area contributed by atoms with Crippen LogP contribution in [-0.2, 0) is 26.0 Å². The second-order valence-corrected chi connectivity index (χ2v) is 9.32. The number of hydrazone groups is 1. The summed E-state index contributed by atoms with van der Waals surface area (Å²) in [5.74, 6) is -0.731. The van der Waals surface area contributed by atoms with Gasteiger partial charge in [0.25, 0.3) is 21.8 Å². The number of carbonyl (C=O) groups is 2. The highest BCUT2D eigenvalue weighted by atomic mass is 32.2. The van der Waals surface area contributed by atoms with Gasteiger partial charge in [0, 0.05) is 0 Å². The topological polar surface area (TPSA) is 131 Å². The summed E-state index contributed by atoms with van der Waals surface area (Å²) in [7, 11) is -3.99. The van der Waals surface area contributed by atoms with Crippen LogP contribution in [0.5, 0.6) is 5.75 Å². The number of hydrogen-bond donors (Lipinski definition) is 2. The van der Waals surface area contributed by atoms with Crippen molar-refractivity contribution in [2.75, 3.05) is 17.5 Å². The zero-order valence-electron chi connectivity index (χ0n) is 19.1. The van der Waals surface area contributed by atoms with Crippen molar-refractivity contribution < 1.29 is 22.7 Å². The average molecular weight is 495 g/mol. The first kappa shape index (κ1) is 25.4. The maximum absolute atomic E-state index is 13.3. The lowest BCUT2D eigenvalue weighted by Gasteiger charge is -2.24. The van der Waals surface area contributed by atoms with Gasteiger partial charge in [-0.25, -0.2) is 13.8 Å². The molecule has 0 fully saturated rings. The summed E-state index contributed by atoms with van der Waals surface area (Å²) >= 11 is 0. The number of aryl methyl sites for hydroxylation is 1. The van der Waals surface area contributed by atoms with Gasteiger partial charge in [-0.3, -0.25) is 13.9 Å². The van der Waals surface area contributed by atoms with Crippen LogP contribution < -0.4 is 20.2 Å². The Morgan fingerprint density at radius 2 is 1.66 bits per heavy atom. The lowest BCUT2D eigenvalue weighted by molar-refractivity contribution is -0.120. The van der Waals surface area contributed by atoms with Crippen molar-refractivity contribution in [2.24, 2.45) is 10.8 Å². The van der Waals surface area contributed by atoms with E-state index in [9.17, 15) is 18.0 Å². The molecule has 0 bridgehead atoms. The van der Waals surface area contributed by atoms with Crippen LogP contribution >= 0.6 is 0 Å². The summed E-state index contributed by atoms with van der Waals surface area (Å²) in [6, 6.07) is 21.5. The van der Waals surface area contributed by atoms with Crippen LogP contribution in [0, 0.1) is 0 Å². The lowest BCUT2D eigenvalue weighted by Crippen LogP contribution is -2.39. The molecule has 182 valence electrons. The van der Waals surface area contributed by atoms with Crippen molar-refractivity contribution in [2.45, 2.75) is 18.2 Å². The molecule has 10 heteroatoms. The highest BCUT2D eigenvalue weighted by molar-refractivity contribution is 7.92. The van der Waals surface area contributed by atoms with E-state index >= 15 is 0 Å². The number of ether oxygens (including phenoxy) is 1. The molecule has 0 heterocycles. The molecule has 0 aliphatic carbocycles. The number of nitrogens with zero attached hydrogens (tertiary/aromatic N) is 2. The molecule has 0 aromatic heterocycles. The van der Waals surface area contributed by atoms with Gasteiger partial charge in [0.2, 0.25) is 0 Å². The van der Waals surface area contributed by atoms with Crippen LogP contribution in [0.4, 0.5) is 5.69 Å². The predicted octanol–water partition coefficient (Wildman–Crippen LogP) is 2.46. The zero-order chi connectivity index (χ0) is 25.3.